The van der Waals surface area contributed by atoms with Crippen molar-refractivity contribution >= 4 is 17.4 Å². The maximum absolute atomic E-state index is 11.6. The quantitative estimate of drug-likeness (QED) is 0.816. The third kappa shape index (κ3) is 1.77. The van der Waals surface area contributed by atoms with Crippen LogP contribution in [0.1, 0.15) is 19.5 Å². The van der Waals surface area contributed by atoms with Gasteiger partial charge >= 0.3 is 0 Å². The summed E-state index contributed by atoms with van der Waals surface area (Å²) in [6.45, 7) is 7.51. The predicted molar refractivity (Wildman–Crippen MR) is 63.6 cm³/mol. The van der Waals surface area contributed by atoms with Crippen molar-refractivity contribution in [3.05, 3.63) is 5.69 Å². The van der Waals surface area contributed by atoms with Gasteiger partial charge in [-0.25, -0.2) is 0 Å². The fraction of sp³-hybridized carbons (Fsp3) is 0.636. The molecule has 1 aromatic rings. The van der Waals surface area contributed by atoms with Crippen LogP contribution >= 0.6 is 0 Å². The second-order valence-electron chi connectivity index (χ2n) is 4.73. The molecule has 2 heterocycles. The van der Waals surface area contributed by atoms with Gasteiger partial charge in [-0.1, -0.05) is 13.8 Å². The third-order valence-corrected chi connectivity index (χ3v) is 2.68. The molecule has 0 aliphatic carbocycles. The average Bonchev–Trinajstić information content (AvgIpc) is 2.40. The Morgan fingerprint density at radius 3 is 2.81 bits per heavy atom. The number of carbonyl (C=O) groups is 1. The topological polar surface area (TPSA) is 50.2 Å². The second kappa shape index (κ2) is 3.81. The van der Waals surface area contributed by atoms with E-state index in [1.165, 1.54) is 0 Å². The molecule has 0 radical (unpaired) electrons. The Bertz CT molecular complexity index is 422. The van der Waals surface area contributed by atoms with Gasteiger partial charge in [0.1, 0.15) is 5.69 Å². The first kappa shape index (κ1) is 11.0. The summed E-state index contributed by atoms with van der Waals surface area (Å²) in [5.41, 5.74) is 1.73. The number of aromatic nitrogens is 2. The lowest BCUT2D eigenvalue weighted by Gasteiger charge is -2.30. The van der Waals surface area contributed by atoms with Crippen LogP contribution in [0.25, 0.3) is 0 Å². The van der Waals surface area contributed by atoms with E-state index in [9.17, 15) is 4.79 Å². The first-order valence-corrected chi connectivity index (χ1v) is 5.57. The van der Waals surface area contributed by atoms with Gasteiger partial charge in [-0.3, -0.25) is 9.48 Å². The highest BCUT2D eigenvalue weighted by Crippen LogP contribution is 2.31. The summed E-state index contributed by atoms with van der Waals surface area (Å²) in [6, 6.07) is 0. The standard InChI is InChI=1S/C11H18N4O/c1-7(2)5-15-6-9(16)12-10-8(3)13-14(4)11(10)15/h7H,5-6H2,1-4H3,(H,12,16). The maximum atomic E-state index is 11.6. The van der Waals surface area contributed by atoms with Crippen molar-refractivity contribution in [2.24, 2.45) is 13.0 Å². The second-order valence-corrected chi connectivity index (χ2v) is 4.73. The molecule has 88 valence electrons. The lowest BCUT2D eigenvalue weighted by Crippen LogP contribution is -2.41. The summed E-state index contributed by atoms with van der Waals surface area (Å²) < 4.78 is 1.84. The van der Waals surface area contributed by atoms with E-state index in [1.54, 1.807) is 0 Å². The van der Waals surface area contributed by atoms with Gasteiger partial charge in [0.2, 0.25) is 5.91 Å². The number of nitrogens with zero attached hydrogens (tertiary/aromatic N) is 3. The van der Waals surface area contributed by atoms with E-state index < -0.39 is 0 Å². The van der Waals surface area contributed by atoms with E-state index in [4.69, 9.17) is 0 Å². The van der Waals surface area contributed by atoms with Gasteiger partial charge in [0.15, 0.2) is 5.82 Å². The van der Waals surface area contributed by atoms with E-state index in [-0.39, 0.29) is 5.91 Å². The maximum Gasteiger partial charge on any atom is 0.244 e. The number of fused-ring (bicyclic) bond motifs is 1. The van der Waals surface area contributed by atoms with Gasteiger partial charge in [-0.2, -0.15) is 5.10 Å². The minimum atomic E-state index is 0.0456. The van der Waals surface area contributed by atoms with Crippen molar-refractivity contribution in [1.29, 1.82) is 0 Å². The van der Waals surface area contributed by atoms with Crippen molar-refractivity contribution in [2.45, 2.75) is 20.8 Å². The number of nitrogens with one attached hydrogen (secondary N) is 1. The molecule has 0 bridgehead atoms. The van der Waals surface area contributed by atoms with Crippen molar-refractivity contribution in [1.82, 2.24) is 9.78 Å². The zero-order valence-electron chi connectivity index (χ0n) is 10.2. The van der Waals surface area contributed by atoms with Crippen LogP contribution in [-0.2, 0) is 11.8 Å². The van der Waals surface area contributed by atoms with E-state index in [0.717, 1.165) is 23.7 Å². The Labute approximate surface area is 95.4 Å². The third-order valence-electron chi connectivity index (χ3n) is 2.68. The van der Waals surface area contributed by atoms with Crippen molar-refractivity contribution in [3.8, 4) is 0 Å². The van der Waals surface area contributed by atoms with Crippen LogP contribution in [0.3, 0.4) is 0 Å². The molecule has 0 saturated carbocycles. The number of amides is 1. The number of hydrogen-bond donors (Lipinski definition) is 1. The van der Waals surface area contributed by atoms with E-state index >= 15 is 0 Å². The molecular formula is C11H18N4O. The summed E-state index contributed by atoms with van der Waals surface area (Å²) in [7, 11) is 1.91. The number of rotatable bonds is 2. The summed E-state index contributed by atoms with van der Waals surface area (Å²) in [6.07, 6.45) is 0. The van der Waals surface area contributed by atoms with Crippen LogP contribution in [0.2, 0.25) is 0 Å². The minimum Gasteiger partial charge on any atom is -0.346 e. The van der Waals surface area contributed by atoms with E-state index in [0.29, 0.717) is 12.5 Å². The molecular weight excluding hydrogens is 204 g/mol. The molecule has 1 aliphatic rings. The number of aryl methyl sites for hydroxylation is 2. The molecule has 5 heteroatoms. The molecule has 0 spiro atoms. The summed E-state index contributed by atoms with van der Waals surface area (Å²) in [5.74, 6) is 1.59. The predicted octanol–water partition coefficient (Wildman–Crippen LogP) is 1.14. The van der Waals surface area contributed by atoms with Gasteiger partial charge in [0, 0.05) is 13.6 Å². The Balaban J connectivity index is 2.40. The molecule has 0 unspecified atom stereocenters. The van der Waals surface area contributed by atoms with Crippen molar-refractivity contribution in [2.75, 3.05) is 23.3 Å². The van der Waals surface area contributed by atoms with Gasteiger partial charge < -0.3 is 10.2 Å². The van der Waals surface area contributed by atoms with Crippen molar-refractivity contribution < 1.29 is 4.79 Å². The van der Waals surface area contributed by atoms with Crippen LogP contribution in [0.5, 0.6) is 0 Å². The van der Waals surface area contributed by atoms with Crippen LogP contribution < -0.4 is 10.2 Å². The van der Waals surface area contributed by atoms with E-state index in [2.05, 4.69) is 29.2 Å². The van der Waals surface area contributed by atoms with Crippen LogP contribution in [0.15, 0.2) is 0 Å². The highest BCUT2D eigenvalue weighted by atomic mass is 16.2. The fourth-order valence-electron chi connectivity index (χ4n) is 2.17. The normalized spacial score (nSPS) is 15.3. The van der Waals surface area contributed by atoms with Gasteiger partial charge in [-0.05, 0) is 12.8 Å². The average molecular weight is 222 g/mol. The highest BCUT2D eigenvalue weighted by Gasteiger charge is 2.27. The zero-order chi connectivity index (χ0) is 11.9. The largest absolute Gasteiger partial charge is 0.346 e. The Morgan fingerprint density at radius 2 is 2.19 bits per heavy atom. The SMILES string of the molecule is Cc1nn(C)c2c1NC(=O)CN2CC(C)C. The fourth-order valence-corrected chi connectivity index (χ4v) is 2.17. The minimum absolute atomic E-state index is 0.0456. The number of anilines is 2. The molecule has 5 nitrogen and oxygen atoms in total. The Hall–Kier alpha value is -1.52. The molecule has 2 rings (SSSR count). The van der Waals surface area contributed by atoms with Crippen LogP contribution in [0.4, 0.5) is 11.5 Å². The monoisotopic (exact) mass is 222 g/mol. The molecule has 16 heavy (non-hydrogen) atoms. The highest BCUT2D eigenvalue weighted by molar-refractivity contribution is 6.01. The molecule has 1 amide bonds. The first-order valence-electron chi connectivity index (χ1n) is 5.57. The Kier molecular flexibility index (Phi) is 2.61. The number of carbonyl (C=O) groups excluding carboxylic acids is 1. The Morgan fingerprint density at radius 1 is 1.50 bits per heavy atom. The lowest BCUT2D eigenvalue weighted by atomic mass is 10.2. The lowest BCUT2D eigenvalue weighted by molar-refractivity contribution is -0.115. The van der Waals surface area contributed by atoms with E-state index in [1.807, 2.05) is 18.7 Å². The summed E-state index contributed by atoms with van der Waals surface area (Å²) in [4.78, 5) is 13.7. The van der Waals surface area contributed by atoms with Gasteiger partial charge in [-0.15, -0.1) is 0 Å². The van der Waals surface area contributed by atoms with Crippen LogP contribution in [-0.4, -0.2) is 28.8 Å². The molecule has 0 aromatic carbocycles. The molecule has 0 fully saturated rings. The zero-order valence-corrected chi connectivity index (χ0v) is 10.2. The molecule has 0 atom stereocenters. The van der Waals surface area contributed by atoms with Gasteiger partial charge in [0.05, 0.1) is 12.2 Å². The van der Waals surface area contributed by atoms with Gasteiger partial charge in [0.25, 0.3) is 0 Å². The molecule has 1 aliphatic heterocycles. The molecule has 0 saturated heterocycles. The number of hydrogen-bond acceptors (Lipinski definition) is 3. The molecule has 1 aromatic heterocycles. The molecule has 1 N–H and O–H groups in total. The van der Waals surface area contributed by atoms with Crippen LogP contribution in [0, 0.1) is 12.8 Å². The first-order chi connectivity index (χ1) is 7.49. The smallest absolute Gasteiger partial charge is 0.244 e. The summed E-state index contributed by atoms with van der Waals surface area (Å²) in [5, 5.41) is 7.23. The van der Waals surface area contributed by atoms with Crippen molar-refractivity contribution in [3.63, 3.8) is 0 Å². The summed E-state index contributed by atoms with van der Waals surface area (Å²) >= 11 is 0.